The first-order valence-corrected chi connectivity index (χ1v) is 11.7. The van der Waals surface area contributed by atoms with E-state index < -0.39 is 29.5 Å². The summed E-state index contributed by atoms with van der Waals surface area (Å²) in [6.07, 6.45) is 0. The maximum absolute atomic E-state index is 13.2. The molecule has 0 unspecified atom stereocenters. The molecule has 0 saturated carbocycles. The van der Waals surface area contributed by atoms with Crippen LogP contribution in [0.2, 0.25) is 0 Å². The second-order valence-corrected chi connectivity index (χ2v) is 8.66. The highest BCUT2D eigenvalue weighted by atomic mass is 16.5. The molecular formula is C25H21N7O7. The fourth-order valence-electron chi connectivity index (χ4n) is 3.95. The van der Waals surface area contributed by atoms with Gasteiger partial charge in [-0.3, -0.25) is 14.4 Å². The Morgan fingerprint density at radius 2 is 1.85 bits per heavy atom. The third kappa shape index (κ3) is 5.29. The maximum atomic E-state index is 13.2. The highest BCUT2D eigenvalue weighted by Crippen LogP contribution is 2.28. The summed E-state index contributed by atoms with van der Waals surface area (Å²) in [7, 11) is 0. The number of ether oxygens (including phenoxy) is 1. The van der Waals surface area contributed by atoms with Gasteiger partial charge in [0.2, 0.25) is 0 Å². The molecule has 39 heavy (non-hydrogen) atoms. The lowest BCUT2D eigenvalue weighted by atomic mass is 10.1. The second kappa shape index (κ2) is 10.1. The highest BCUT2D eigenvalue weighted by molar-refractivity contribution is 5.98. The van der Waals surface area contributed by atoms with Crippen molar-refractivity contribution in [3.8, 4) is 5.75 Å². The Morgan fingerprint density at radius 1 is 1.08 bits per heavy atom. The molecule has 0 aliphatic carbocycles. The molecule has 1 aliphatic rings. The molecule has 3 heterocycles. The van der Waals surface area contributed by atoms with Gasteiger partial charge in [-0.15, -0.1) is 0 Å². The smallest absolute Gasteiger partial charge is 0.363 e. The van der Waals surface area contributed by atoms with Crippen molar-refractivity contribution in [2.75, 3.05) is 11.9 Å². The molecule has 1 aliphatic heterocycles. The number of aromatic nitrogens is 4. The number of aromatic carboxylic acids is 1. The second-order valence-electron chi connectivity index (χ2n) is 8.66. The van der Waals surface area contributed by atoms with Crippen molar-refractivity contribution in [3.05, 3.63) is 87.1 Å². The molecule has 2 aromatic carbocycles. The van der Waals surface area contributed by atoms with E-state index in [0.29, 0.717) is 22.6 Å². The normalized spacial score (nSPS) is 13.1. The Balaban J connectivity index is 1.35. The first-order chi connectivity index (χ1) is 18.7. The summed E-state index contributed by atoms with van der Waals surface area (Å²) in [4.78, 5) is 68.4. The Kier molecular flexibility index (Phi) is 6.50. The predicted molar refractivity (Wildman–Crippen MR) is 135 cm³/mol. The first kappa shape index (κ1) is 25.1. The largest absolute Gasteiger partial charge is 0.482 e. The Bertz CT molecular complexity index is 1690. The molecule has 4 aromatic rings. The number of hydrogen-bond acceptors (Lipinski definition) is 8. The summed E-state index contributed by atoms with van der Waals surface area (Å²) in [6, 6.07) is 11.7. The molecule has 2 aromatic heterocycles. The molecule has 0 fully saturated rings. The number of carboxylic acids is 1. The van der Waals surface area contributed by atoms with Gasteiger partial charge in [-0.05, 0) is 42.3 Å². The van der Waals surface area contributed by atoms with Gasteiger partial charge in [-0.1, -0.05) is 18.2 Å². The quantitative estimate of drug-likeness (QED) is 0.230. The van der Waals surface area contributed by atoms with Crippen LogP contribution in [0.4, 0.5) is 5.69 Å². The van der Waals surface area contributed by atoms with Gasteiger partial charge >= 0.3 is 11.7 Å². The Hall–Kier alpha value is -5.53. The van der Waals surface area contributed by atoms with Crippen molar-refractivity contribution in [3.63, 3.8) is 0 Å². The van der Waals surface area contributed by atoms with Gasteiger partial charge in [0.05, 0.1) is 17.3 Å². The van der Waals surface area contributed by atoms with Gasteiger partial charge in [0.15, 0.2) is 6.61 Å². The monoisotopic (exact) mass is 531 g/mol. The molecular weight excluding hydrogens is 510 g/mol. The van der Waals surface area contributed by atoms with Gasteiger partial charge in [-0.2, -0.15) is 4.98 Å². The summed E-state index contributed by atoms with van der Waals surface area (Å²) in [6.45, 7) is 1.70. The van der Waals surface area contributed by atoms with E-state index in [1.54, 1.807) is 37.3 Å². The molecule has 1 atom stereocenters. The van der Waals surface area contributed by atoms with Gasteiger partial charge in [0.1, 0.15) is 17.1 Å². The number of H-pyrrole nitrogens is 1. The highest BCUT2D eigenvalue weighted by Gasteiger charge is 2.21. The van der Waals surface area contributed by atoms with Crippen molar-refractivity contribution >= 4 is 35.2 Å². The van der Waals surface area contributed by atoms with Gasteiger partial charge < -0.3 is 25.8 Å². The molecule has 0 radical (unpaired) electrons. The molecule has 5 rings (SSSR count). The number of fused-ring (bicyclic) bond motifs is 2. The minimum atomic E-state index is -1.07. The minimum Gasteiger partial charge on any atom is -0.482 e. The van der Waals surface area contributed by atoms with Crippen LogP contribution < -0.4 is 26.4 Å². The van der Waals surface area contributed by atoms with Crippen LogP contribution in [-0.2, 0) is 11.3 Å². The zero-order chi connectivity index (χ0) is 27.7. The van der Waals surface area contributed by atoms with Crippen molar-refractivity contribution in [2.45, 2.75) is 19.5 Å². The van der Waals surface area contributed by atoms with Gasteiger partial charge in [0, 0.05) is 12.6 Å². The summed E-state index contributed by atoms with van der Waals surface area (Å²) in [5.74, 6) is -2.27. The number of nitrogens with zero attached hydrogens (tertiary/aromatic N) is 3. The number of aromatic amines is 1. The molecule has 198 valence electrons. The SMILES string of the molecule is C[C@H](NC(=O)c1cc(C(=O)NCc2ccc3c(c2)NC(=O)CO3)nc2nc(=O)[nH]n12)c1ccc(C(=O)O)cc1. The van der Waals surface area contributed by atoms with Gasteiger partial charge in [-0.25, -0.2) is 24.2 Å². The summed E-state index contributed by atoms with van der Waals surface area (Å²) >= 11 is 0. The topological polar surface area (TPSA) is 197 Å². The molecule has 0 saturated heterocycles. The number of carbonyl (C=O) groups excluding carboxylic acids is 3. The number of carboxylic acid groups (broad SMARTS) is 1. The minimum absolute atomic E-state index is 0.0702. The number of anilines is 1. The van der Waals surface area contributed by atoms with E-state index in [9.17, 15) is 24.0 Å². The standard InChI is InChI=1S/C25H21N7O7/c1-12(14-3-5-15(6-4-14)23(36)37)27-22(35)18-9-17(29-24-30-25(38)31-32(18)24)21(34)26-10-13-2-7-19-16(8-13)28-20(33)11-39-19/h2-9,12H,10-11H2,1H3,(H,26,34)(H,27,35)(H,28,33)(H,31,38)(H,36,37)/t12-/m0/s1. The van der Waals surface area contributed by atoms with Crippen LogP contribution in [0.3, 0.4) is 0 Å². The third-order valence-electron chi connectivity index (χ3n) is 5.94. The number of nitrogens with one attached hydrogen (secondary N) is 4. The van der Waals surface area contributed by atoms with Crippen LogP contribution in [0.25, 0.3) is 5.78 Å². The lowest BCUT2D eigenvalue weighted by Crippen LogP contribution is -2.30. The van der Waals surface area contributed by atoms with Crippen LogP contribution in [0.1, 0.15) is 55.4 Å². The molecule has 0 spiro atoms. The average Bonchev–Trinajstić information content (AvgIpc) is 3.30. The lowest BCUT2D eigenvalue weighted by molar-refractivity contribution is -0.118. The zero-order valence-corrected chi connectivity index (χ0v) is 20.3. The third-order valence-corrected chi connectivity index (χ3v) is 5.94. The van der Waals surface area contributed by atoms with Crippen LogP contribution in [-0.4, -0.2) is 55.0 Å². The number of carbonyl (C=O) groups is 4. The average molecular weight is 531 g/mol. The lowest BCUT2D eigenvalue weighted by Gasteiger charge is -2.18. The summed E-state index contributed by atoms with van der Waals surface area (Å²) in [5.41, 5.74) is 0.896. The van der Waals surface area contributed by atoms with E-state index in [1.165, 1.54) is 18.2 Å². The van der Waals surface area contributed by atoms with Crippen molar-refractivity contribution in [2.24, 2.45) is 0 Å². The van der Waals surface area contributed by atoms with Gasteiger partial charge in [0.25, 0.3) is 23.5 Å². The number of benzene rings is 2. The van der Waals surface area contributed by atoms with E-state index in [0.717, 1.165) is 4.52 Å². The Labute approximate surface area is 219 Å². The summed E-state index contributed by atoms with van der Waals surface area (Å²) in [5, 5.41) is 19.6. The van der Waals surface area contributed by atoms with E-state index in [2.05, 4.69) is 31.0 Å². The molecule has 14 heteroatoms. The van der Waals surface area contributed by atoms with Crippen LogP contribution in [0, 0.1) is 0 Å². The van der Waals surface area contributed by atoms with Crippen LogP contribution >= 0.6 is 0 Å². The number of hydrogen-bond donors (Lipinski definition) is 5. The molecule has 3 amide bonds. The zero-order valence-electron chi connectivity index (χ0n) is 20.3. The first-order valence-electron chi connectivity index (χ1n) is 11.7. The Morgan fingerprint density at radius 3 is 2.59 bits per heavy atom. The summed E-state index contributed by atoms with van der Waals surface area (Å²) < 4.78 is 6.40. The van der Waals surface area contributed by atoms with Crippen LogP contribution in [0.15, 0.2) is 53.3 Å². The van der Waals surface area contributed by atoms with E-state index in [1.807, 2.05) is 0 Å². The number of rotatable bonds is 7. The fraction of sp³-hybridized carbons (Fsp3) is 0.160. The molecule has 14 nitrogen and oxygen atoms in total. The van der Waals surface area contributed by atoms with Crippen molar-refractivity contribution in [1.29, 1.82) is 0 Å². The van der Waals surface area contributed by atoms with Crippen molar-refractivity contribution < 1.29 is 29.0 Å². The number of amides is 3. The molecule has 5 N–H and O–H groups in total. The predicted octanol–water partition coefficient (Wildman–Crippen LogP) is 0.868. The van der Waals surface area contributed by atoms with E-state index >= 15 is 0 Å². The van der Waals surface area contributed by atoms with E-state index in [-0.39, 0.29) is 41.8 Å². The van der Waals surface area contributed by atoms with Crippen molar-refractivity contribution in [1.82, 2.24) is 30.2 Å². The van der Waals surface area contributed by atoms with E-state index in [4.69, 9.17) is 9.84 Å². The fourth-order valence-corrected chi connectivity index (χ4v) is 3.95. The maximum Gasteiger partial charge on any atom is 0.363 e. The molecule has 0 bridgehead atoms. The van der Waals surface area contributed by atoms with Crippen LogP contribution in [0.5, 0.6) is 5.75 Å².